The van der Waals surface area contributed by atoms with E-state index in [4.69, 9.17) is 17.3 Å². The summed E-state index contributed by atoms with van der Waals surface area (Å²) in [7, 11) is 0. The molecule has 2 heterocycles. The molecule has 0 unspecified atom stereocenters. The first-order valence-corrected chi connectivity index (χ1v) is 10.7. The molecule has 1 saturated heterocycles. The quantitative estimate of drug-likeness (QED) is 0.493. The van der Waals surface area contributed by atoms with Gasteiger partial charge in [-0.25, -0.2) is 4.99 Å². The van der Waals surface area contributed by atoms with Gasteiger partial charge in [-0.2, -0.15) is 0 Å². The number of nitrogens with two attached hydrogens (primary N) is 1. The summed E-state index contributed by atoms with van der Waals surface area (Å²) in [6.07, 6.45) is 1.80. The molecule has 1 fully saturated rings. The molecule has 0 aliphatic carbocycles. The fourth-order valence-electron chi connectivity index (χ4n) is 3.66. The number of halogens is 1. The fraction of sp³-hybridized carbons (Fsp3) is 0.250. The lowest BCUT2D eigenvalue weighted by molar-refractivity contribution is 0.380. The highest BCUT2D eigenvalue weighted by Crippen LogP contribution is 2.19. The smallest absolute Gasteiger partial charge is 0.250 e. The second-order valence-corrected chi connectivity index (χ2v) is 8.04. The zero-order chi connectivity index (χ0) is 21.6. The summed E-state index contributed by atoms with van der Waals surface area (Å²) in [6, 6.07) is 21.3. The van der Waals surface area contributed by atoms with Crippen molar-refractivity contribution in [2.75, 3.05) is 31.1 Å². The third-order valence-corrected chi connectivity index (χ3v) is 5.75. The van der Waals surface area contributed by atoms with Gasteiger partial charge in [0.1, 0.15) is 0 Å². The minimum absolute atomic E-state index is 0.000102. The van der Waals surface area contributed by atoms with Crippen LogP contribution in [0.15, 0.2) is 82.7 Å². The summed E-state index contributed by atoms with van der Waals surface area (Å²) in [5.74, 6) is 0.579. The van der Waals surface area contributed by atoms with Crippen LogP contribution < -0.4 is 16.2 Å². The largest absolute Gasteiger partial charge is 0.370 e. The molecule has 7 heteroatoms. The average molecular weight is 436 g/mol. The Kier molecular flexibility index (Phi) is 6.57. The maximum atomic E-state index is 11.9. The van der Waals surface area contributed by atoms with Crippen molar-refractivity contribution >= 4 is 23.2 Å². The van der Waals surface area contributed by atoms with E-state index in [0.29, 0.717) is 19.0 Å². The van der Waals surface area contributed by atoms with Gasteiger partial charge in [0.05, 0.1) is 13.1 Å². The molecule has 1 aromatic heterocycles. The third-order valence-electron chi connectivity index (χ3n) is 5.49. The Labute approximate surface area is 187 Å². The van der Waals surface area contributed by atoms with Crippen molar-refractivity contribution in [3.05, 3.63) is 99.4 Å². The van der Waals surface area contributed by atoms with Crippen molar-refractivity contribution in [1.82, 2.24) is 9.47 Å². The van der Waals surface area contributed by atoms with Crippen LogP contribution in [-0.4, -0.2) is 41.6 Å². The first-order chi connectivity index (χ1) is 15.1. The van der Waals surface area contributed by atoms with E-state index in [9.17, 15) is 4.79 Å². The Bertz CT molecular complexity index is 1080. The van der Waals surface area contributed by atoms with Gasteiger partial charge >= 0.3 is 0 Å². The maximum absolute atomic E-state index is 11.9. The summed E-state index contributed by atoms with van der Waals surface area (Å²) in [4.78, 5) is 20.9. The van der Waals surface area contributed by atoms with Gasteiger partial charge in [0.15, 0.2) is 5.96 Å². The molecule has 0 atom stereocenters. The molecular weight excluding hydrogens is 410 g/mol. The standard InChI is InChI=1S/C24H26ClN5O/c25-21-8-10-22(11-9-21)28-13-15-29(16-14-28)24(26)27-17-19-4-6-20(7-5-19)18-30-12-2-1-3-23(30)31/h1-12H,13-18H2,(H2,26,27). The van der Waals surface area contributed by atoms with Crippen LogP contribution >= 0.6 is 11.6 Å². The summed E-state index contributed by atoms with van der Waals surface area (Å²) in [5, 5.41) is 0.751. The van der Waals surface area contributed by atoms with E-state index in [1.165, 1.54) is 5.69 Å². The lowest BCUT2D eigenvalue weighted by Crippen LogP contribution is -2.51. The van der Waals surface area contributed by atoms with E-state index in [-0.39, 0.29) is 5.56 Å². The van der Waals surface area contributed by atoms with Crippen LogP contribution in [0.1, 0.15) is 11.1 Å². The van der Waals surface area contributed by atoms with Gasteiger partial charge in [-0.15, -0.1) is 0 Å². The summed E-state index contributed by atoms with van der Waals surface area (Å²) < 4.78 is 1.69. The minimum Gasteiger partial charge on any atom is -0.370 e. The van der Waals surface area contributed by atoms with E-state index in [1.807, 2.05) is 54.6 Å². The van der Waals surface area contributed by atoms with Gasteiger partial charge in [-0.1, -0.05) is 41.9 Å². The SMILES string of the molecule is NC(=NCc1ccc(Cn2ccccc2=O)cc1)N1CCN(c2ccc(Cl)cc2)CC1. The van der Waals surface area contributed by atoms with Crippen molar-refractivity contribution in [2.24, 2.45) is 10.7 Å². The van der Waals surface area contributed by atoms with Crippen molar-refractivity contribution < 1.29 is 0 Å². The predicted octanol–water partition coefficient (Wildman–Crippen LogP) is 3.19. The van der Waals surface area contributed by atoms with Crippen molar-refractivity contribution in [2.45, 2.75) is 13.1 Å². The molecule has 3 aromatic rings. The zero-order valence-corrected chi connectivity index (χ0v) is 18.1. The first-order valence-electron chi connectivity index (χ1n) is 10.4. The number of anilines is 1. The number of hydrogen-bond acceptors (Lipinski definition) is 3. The molecule has 0 spiro atoms. The van der Waals surface area contributed by atoms with Gasteiger partial charge in [-0.05, 0) is 41.5 Å². The number of guanidine groups is 1. The van der Waals surface area contributed by atoms with Gasteiger partial charge in [0.2, 0.25) is 0 Å². The first kappa shape index (κ1) is 21.0. The fourth-order valence-corrected chi connectivity index (χ4v) is 3.78. The highest BCUT2D eigenvalue weighted by molar-refractivity contribution is 6.30. The number of nitrogens with zero attached hydrogens (tertiary/aromatic N) is 4. The molecule has 1 aliphatic rings. The molecular formula is C24H26ClN5O. The Morgan fingerprint density at radius 2 is 1.58 bits per heavy atom. The number of pyridine rings is 1. The van der Waals surface area contributed by atoms with Crippen LogP contribution in [0.25, 0.3) is 0 Å². The molecule has 1 aliphatic heterocycles. The lowest BCUT2D eigenvalue weighted by atomic mass is 10.1. The third kappa shape index (κ3) is 5.47. The van der Waals surface area contributed by atoms with Crippen molar-refractivity contribution in [3.63, 3.8) is 0 Å². The highest BCUT2D eigenvalue weighted by Gasteiger charge is 2.18. The molecule has 4 rings (SSSR count). The zero-order valence-electron chi connectivity index (χ0n) is 17.3. The number of hydrogen-bond donors (Lipinski definition) is 1. The maximum Gasteiger partial charge on any atom is 0.250 e. The molecule has 2 aromatic carbocycles. The van der Waals surface area contributed by atoms with Crippen LogP contribution in [0.2, 0.25) is 5.02 Å². The second kappa shape index (κ2) is 9.71. The molecule has 6 nitrogen and oxygen atoms in total. The van der Waals surface area contributed by atoms with Crippen LogP contribution in [0.3, 0.4) is 0 Å². The van der Waals surface area contributed by atoms with E-state index in [1.54, 1.807) is 22.9 Å². The van der Waals surface area contributed by atoms with Crippen molar-refractivity contribution in [1.29, 1.82) is 0 Å². The van der Waals surface area contributed by atoms with E-state index < -0.39 is 0 Å². The Morgan fingerprint density at radius 1 is 0.903 bits per heavy atom. The van der Waals surface area contributed by atoms with Gasteiger partial charge in [-0.3, -0.25) is 4.79 Å². The van der Waals surface area contributed by atoms with Gasteiger partial charge in [0.25, 0.3) is 5.56 Å². The Balaban J connectivity index is 1.30. The molecule has 0 saturated carbocycles. The Morgan fingerprint density at radius 3 is 2.26 bits per heavy atom. The lowest BCUT2D eigenvalue weighted by Gasteiger charge is -2.36. The van der Waals surface area contributed by atoms with E-state index in [2.05, 4.69) is 14.8 Å². The Hall–Kier alpha value is -3.25. The molecule has 0 amide bonds. The molecule has 0 bridgehead atoms. The second-order valence-electron chi connectivity index (χ2n) is 7.61. The highest BCUT2D eigenvalue weighted by atomic mass is 35.5. The summed E-state index contributed by atoms with van der Waals surface area (Å²) in [6.45, 7) is 4.56. The van der Waals surface area contributed by atoms with E-state index >= 15 is 0 Å². The number of aromatic nitrogens is 1. The van der Waals surface area contributed by atoms with Crippen LogP contribution in [0.5, 0.6) is 0 Å². The monoisotopic (exact) mass is 435 g/mol. The summed E-state index contributed by atoms with van der Waals surface area (Å²) >= 11 is 5.98. The van der Waals surface area contributed by atoms with Crippen LogP contribution in [-0.2, 0) is 13.1 Å². The van der Waals surface area contributed by atoms with Gasteiger partial charge < -0.3 is 20.1 Å². The molecule has 0 radical (unpaired) electrons. The summed E-state index contributed by atoms with van der Waals surface area (Å²) in [5.41, 5.74) is 9.60. The van der Waals surface area contributed by atoms with Crippen LogP contribution in [0, 0.1) is 0 Å². The topological polar surface area (TPSA) is 66.9 Å². The predicted molar refractivity (Wildman–Crippen MR) is 127 cm³/mol. The molecule has 2 N–H and O–H groups in total. The number of aliphatic imine (C=N–C) groups is 1. The minimum atomic E-state index is 0.000102. The van der Waals surface area contributed by atoms with E-state index in [0.717, 1.165) is 42.3 Å². The molecule has 160 valence electrons. The number of benzene rings is 2. The number of piperazine rings is 1. The average Bonchev–Trinajstić information content (AvgIpc) is 2.80. The van der Waals surface area contributed by atoms with Crippen LogP contribution in [0.4, 0.5) is 5.69 Å². The van der Waals surface area contributed by atoms with Crippen molar-refractivity contribution in [3.8, 4) is 0 Å². The van der Waals surface area contributed by atoms with Gasteiger partial charge in [0, 0.05) is 49.2 Å². The molecule has 31 heavy (non-hydrogen) atoms. The normalized spacial score (nSPS) is 14.7. The number of rotatable bonds is 5.